The van der Waals surface area contributed by atoms with E-state index in [1.807, 2.05) is 0 Å². The number of carboxylic acids is 1. The topological polar surface area (TPSA) is 80.7 Å². The lowest BCUT2D eigenvalue weighted by Crippen LogP contribution is -2.29. The summed E-state index contributed by atoms with van der Waals surface area (Å²) in [5, 5.41) is 8.84. The molecule has 0 spiro atoms. The van der Waals surface area contributed by atoms with Gasteiger partial charge in [-0.15, -0.1) is 0 Å². The summed E-state index contributed by atoms with van der Waals surface area (Å²) in [5.41, 5.74) is -0.622. The van der Waals surface area contributed by atoms with Crippen molar-refractivity contribution in [3.8, 4) is 0 Å². The largest absolute Gasteiger partial charge is 0.481 e. The van der Waals surface area contributed by atoms with Crippen LogP contribution in [-0.4, -0.2) is 39.0 Å². The summed E-state index contributed by atoms with van der Waals surface area (Å²) in [5.74, 6) is -1.00. The van der Waals surface area contributed by atoms with Gasteiger partial charge in [0.05, 0.1) is 10.6 Å². The van der Waals surface area contributed by atoms with Gasteiger partial charge in [0.2, 0.25) is 0 Å². The minimum absolute atomic E-state index is 0.0511. The quantitative estimate of drug-likeness (QED) is 0.757. The van der Waals surface area contributed by atoms with Crippen LogP contribution in [0.25, 0.3) is 0 Å². The molecule has 0 aromatic heterocycles. The maximum Gasteiger partial charge on any atom is 0.303 e. The minimum Gasteiger partial charge on any atom is -0.481 e. The van der Waals surface area contributed by atoms with Crippen LogP contribution in [-0.2, 0) is 19.4 Å². The van der Waals surface area contributed by atoms with Gasteiger partial charge in [-0.05, 0) is 30.4 Å². The molecule has 0 aliphatic heterocycles. The highest BCUT2D eigenvalue weighted by Gasteiger charge is 2.32. The fourth-order valence-electron chi connectivity index (χ4n) is 2.20. The highest BCUT2D eigenvalue weighted by atomic mass is 32.2. The molecule has 0 fully saturated rings. The number of hydrogen-bond acceptors (Lipinski definition) is 4. The predicted molar refractivity (Wildman–Crippen MR) is 80.0 cm³/mol. The Bertz CT molecular complexity index is 553. The molecule has 1 atom stereocenters. The van der Waals surface area contributed by atoms with E-state index in [9.17, 15) is 13.2 Å². The van der Waals surface area contributed by atoms with E-state index in [-0.39, 0.29) is 17.1 Å². The van der Waals surface area contributed by atoms with Crippen molar-refractivity contribution in [1.29, 1.82) is 0 Å². The van der Waals surface area contributed by atoms with E-state index in [0.29, 0.717) is 19.4 Å². The van der Waals surface area contributed by atoms with Gasteiger partial charge >= 0.3 is 5.97 Å². The number of hydrogen-bond donors (Lipinski definition) is 1. The first-order valence-electron chi connectivity index (χ1n) is 6.78. The number of carboxylic acid groups (broad SMARTS) is 1. The molecule has 0 radical (unpaired) electrons. The van der Waals surface area contributed by atoms with E-state index in [1.165, 1.54) is 0 Å². The number of benzene rings is 1. The number of ether oxygens (including phenoxy) is 1. The maximum atomic E-state index is 12.5. The molecule has 0 heterocycles. The summed E-state index contributed by atoms with van der Waals surface area (Å²) in [7, 11) is -1.90. The molecule has 0 saturated heterocycles. The van der Waals surface area contributed by atoms with Gasteiger partial charge in [-0.25, -0.2) is 8.42 Å². The summed E-state index contributed by atoms with van der Waals surface area (Å²) in [4.78, 5) is 11.0. The van der Waals surface area contributed by atoms with Crippen LogP contribution >= 0.6 is 0 Å². The SMILES string of the molecule is COCC[C@@](C)(CCC(=O)O)CS(=O)(=O)c1ccccc1. The zero-order valence-electron chi connectivity index (χ0n) is 12.4. The highest BCUT2D eigenvalue weighted by molar-refractivity contribution is 7.91. The zero-order chi connectivity index (χ0) is 15.9. The van der Waals surface area contributed by atoms with Gasteiger partial charge in [-0.3, -0.25) is 4.79 Å². The molecule has 5 nitrogen and oxygen atoms in total. The average Bonchev–Trinajstić information content (AvgIpc) is 2.44. The summed E-state index contributed by atoms with van der Waals surface area (Å²) < 4.78 is 30.0. The molecule has 0 saturated carbocycles. The summed E-state index contributed by atoms with van der Waals surface area (Å²) in [6.07, 6.45) is 0.755. The Morgan fingerprint density at radius 1 is 1.24 bits per heavy atom. The molecule has 1 aromatic carbocycles. The van der Waals surface area contributed by atoms with Crippen LogP contribution in [0.3, 0.4) is 0 Å². The van der Waals surface area contributed by atoms with E-state index < -0.39 is 21.2 Å². The van der Waals surface area contributed by atoms with Crippen molar-refractivity contribution < 1.29 is 23.1 Å². The van der Waals surface area contributed by atoms with Gasteiger partial charge in [0.1, 0.15) is 0 Å². The lowest BCUT2D eigenvalue weighted by atomic mass is 9.84. The molecule has 0 bridgehead atoms. The molecule has 1 rings (SSSR count). The first-order valence-corrected chi connectivity index (χ1v) is 8.43. The normalized spacial score (nSPS) is 14.6. The van der Waals surface area contributed by atoms with Crippen LogP contribution in [0.1, 0.15) is 26.2 Å². The Kier molecular flexibility index (Phi) is 6.36. The third-order valence-electron chi connectivity index (χ3n) is 3.49. The van der Waals surface area contributed by atoms with Crippen LogP contribution < -0.4 is 0 Å². The van der Waals surface area contributed by atoms with Gasteiger partial charge in [-0.2, -0.15) is 0 Å². The van der Waals surface area contributed by atoms with Crippen molar-refractivity contribution in [2.45, 2.75) is 31.1 Å². The standard InChI is InChI=1S/C15H22O5S/c1-15(10-11-20-2,9-8-14(16)17)12-21(18,19)13-6-4-3-5-7-13/h3-7H,8-12H2,1-2H3,(H,16,17)/t15-/m1/s1. The van der Waals surface area contributed by atoms with Gasteiger partial charge in [-0.1, -0.05) is 25.1 Å². The molecule has 0 amide bonds. The molecular weight excluding hydrogens is 292 g/mol. The van der Waals surface area contributed by atoms with E-state index >= 15 is 0 Å². The maximum absolute atomic E-state index is 12.5. The Morgan fingerprint density at radius 3 is 2.38 bits per heavy atom. The third kappa shape index (κ3) is 5.85. The fraction of sp³-hybridized carbons (Fsp3) is 0.533. The molecule has 118 valence electrons. The molecule has 0 aliphatic rings. The van der Waals surface area contributed by atoms with Gasteiger partial charge < -0.3 is 9.84 Å². The predicted octanol–water partition coefficient (Wildman–Crippen LogP) is 2.37. The van der Waals surface area contributed by atoms with Gasteiger partial charge in [0, 0.05) is 20.1 Å². The second-order valence-corrected chi connectivity index (χ2v) is 7.51. The Balaban J connectivity index is 2.91. The van der Waals surface area contributed by atoms with Crippen molar-refractivity contribution >= 4 is 15.8 Å². The van der Waals surface area contributed by atoms with E-state index in [2.05, 4.69) is 0 Å². The lowest BCUT2D eigenvalue weighted by molar-refractivity contribution is -0.137. The lowest BCUT2D eigenvalue weighted by Gasteiger charge is -2.28. The number of carbonyl (C=O) groups is 1. The van der Waals surface area contributed by atoms with E-state index in [1.54, 1.807) is 44.4 Å². The zero-order valence-corrected chi connectivity index (χ0v) is 13.2. The third-order valence-corrected chi connectivity index (χ3v) is 5.56. The van der Waals surface area contributed by atoms with Crippen molar-refractivity contribution in [2.24, 2.45) is 5.41 Å². The molecule has 1 aromatic rings. The van der Waals surface area contributed by atoms with Crippen LogP contribution in [0.5, 0.6) is 0 Å². The van der Waals surface area contributed by atoms with Crippen molar-refractivity contribution in [1.82, 2.24) is 0 Å². The van der Waals surface area contributed by atoms with Crippen molar-refractivity contribution in [3.63, 3.8) is 0 Å². The second-order valence-electron chi connectivity index (χ2n) is 5.52. The minimum atomic E-state index is -3.44. The smallest absolute Gasteiger partial charge is 0.303 e. The second kappa shape index (κ2) is 7.56. The number of rotatable bonds is 9. The average molecular weight is 314 g/mol. The van der Waals surface area contributed by atoms with E-state index in [4.69, 9.17) is 9.84 Å². The molecule has 1 N–H and O–H groups in total. The molecule has 0 aliphatic carbocycles. The molecule has 21 heavy (non-hydrogen) atoms. The molecule has 6 heteroatoms. The van der Waals surface area contributed by atoms with Gasteiger partial charge in [0.15, 0.2) is 9.84 Å². The van der Waals surface area contributed by atoms with Crippen LogP contribution in [0, 0.1) is 5.41 Å². The van der Waals surface area contributed by atoms with E-state index in [0.717, 1.165) is 0 Å². The van der Waals surface area contributed by atoms with Crippen molar-refractivity contribution in [3.05, 3.63) is 30.3 Å². The van der Waals surface area contributed by atoms with Crippen molar-refractivity contribution in [2.75, 3.05) is 19.5 Å². The summed E-state index contributed by atoms with van der Waals surface area (Å²) in [6.45, 7) is 2.20. The molecule has 0 unspecified atom stereocenters. The highest BCUT2D eigenvalue weighted by Crippen LogP contribution is 2.32. The first-order chi connectivity index (χ1) is 9.79. The summed E-state index contributed by atoms with van der Waals surface area (Å²) >= 11 is 0. The Labute approximate surface area is 125 Å². The number of sulfone groups is 1. The first kappa shape index (κ1) is 17.7. The number of methoxy groups -OCH3 is 1. The fourth-order valence-corrected chi connectivity index (χ4v) is 4.14. The monoisotopic (exact) mass is 314 g/mol. The van der Waals surface area contributed by atoms with Crippen LogP contribution in [0.15, 0.2) is 35.2 Å². The number of aliphatic carboxylic acids is 1. The van der Waals surface area contributed by atoms with Gasteiger partial charge in [0.25, 0.3) is 0 Å². The Morgan fingerprint density at radius 2 is 1.86 bits per heavy atom. The summed E-state index contributed by atoms with van der Waals surface area (Å²) in [6, 6.07) is 8.23. The van der Waals surface area contributed by atoms with Crippen LogP contribution in [0.4, 0.5) is 0 Å². The molecular formula is C15H22O5S. The Hall–Kier alpha value is -1.40. The van der Waals surface area contributed by atoms with Crippen LogP contribution in [0.2, 0.25) is 0 Å².